The lowest BCUT2D eigenvalue weighted by atomic mass is 10.2. The van der Waals surface area contributed by atoms with Crippen LogP contribution >= 0.6 is 15.9 Å². The maximum atomic E-state index is 5.78. The first kappa shape index (κ1) is 12.9. The van der Waals surface area contributed by atoms with E-state index in [0.29, 0.717) is 5.69 Å². The number of hydrogen-bond acceptors (Lipinski definition) is 4. The third-order valence-electron chi connectivity index (χ3n) is 2.97. The zero-order valence-electron chi connectivity index (χ0n) is 10.9. The summed E-state index contributed by atoms with van der Waals surface area (Å²) in [5, 5.41) is 4.27. The summed E-state index contributed by atoms with van der Waals surface area (Å²) in [5.74, 6) is 0.771. The number of nitrogens with zero attached hydrogens (tertiary/aromatic N) is 2. The molecule has 0 aliphatic rings. The third kappa shape index (κ3) is 2.58. The number of hydrogen-bond donors (Lipinski definition) is 2. The molecular weight excluding hydrogens is 316 g/mol. The summed E-state index contributed by atoms with van der Waals surface area (Å²) in [4.78, 5) is 8.55. The van der Waals surface area contributed by atoms with Gasteiger partial charge in [0.2, 0.25) is 0 Å². The van der Waals surface area contributed by atoms with E-state index < -0.39 is 0 Å². The fourth-order valence-corrected chi connectivity index (χ4v) is 2.73. The van der Waals surface area contributed by atoms with Gasteiger partial charge in [-0.2, -0.15) is 0 Å². The van der Waals surface area contributed by atoms with E-state index in [1.807, 2.05) is 24.3 Å². The van der Waals surface area contributed by atoms with Gasteiger partial charge >= 0.3 is 0 Å². The summed E-state index contributed by atoms with van der Waals surface area (Å²) in [6.07, 6.45) is 1.54. The van der Waals surface area contributed by atoms with Gasteiger partial charge in [-0.15, -0.1) is 0 Å². The highest BCUT2D eigenvalue weighted by molar-refractivity contribution is 9.10. The fourth-order valence-electron chi connectivity index (χ4n) is 2.12. The van der Waals surface area contributed by atoms with Crippen molar-refractivity contribution < 1.29 is 0 Å². The summed E-state index contributed by atoms with van der Waals surface area (Å²) < 4.78 is 1.03. The van der Waals surface area contributed by atoms with Crippen LogP contribution in [0, 0.1) is 6.92 Å². The molecule has 0 aliphatic carbocycles. The number of nitrogens with two attached hydrogens (primary N) is 1. The van der Waals surface area contributed by atoms with E-state index in [-0.39, 0.29) is 0 Å². The molecule has 0 unspecified atom stereocenters. The van der Waals surface area contributed by atoms with Crippen LogP contribution in [0.15, 0.2) is 47.2 Å². The molecule has 0 saturated heterocycles. The molecule has 1 aromatic heterocycles. The number of anilines is 3. The standard InChI is InChI=1S/C15H13BrN4/c1-9-4-10(16)6-12(5-9)20-15-13-3-2-11(17)7-14(13)18-8-19-15/h2-8H,17H2,1H3,(H,18,19,20). The first-order valence-corrected chi connectivity index (χ1v) is 6.95. The molecule has 0 spiro atoms. The van der Waals surface area contributed by atoms with Gasteiger partial charge in [0.05, 0.1) is 5.52 Å². The zero-order chi connectivity index (χ0) is 14.1. The minimum Gasteiger partial charge on any atom is -0.399 e. The molecule has 2 aromatic carbocycles. The van der Waals surface area contributed by atoms with E-state index in [1.54, 1.807) is 0 Å². The summed E-state index contributed by atoms with van der Waals surface area (Å²) in [6, 6.07) is 11.8. The van der Waals surface area contributed by atoms with Gasteiger partial charge in [0, 0.05) is 21.2 Å². The van der Waals surface area contributed by atoms with Crippen LogP contribution in [0.4, 0.5) is 17.2 Å². The molecule has 5 heteroatoms. The van der Waals surface area contributed by atoms with Crippen LogP contribution in [0.1, 0.15) is 5.56 Å². The summed E-state index contributed by atoms with van der Waals surface area (Å²) in [5.41, 5.74) is 9.45. The first-order valence-electron chi connectivity index (χ1n) is 6.16. The van der Waals surface area contributed by atoms with Gasteiger partial charge in [0.15, 0.2) is 0 Å². The number of nitrogens with one attached hydrogen (secondary N) is 1. The minimum atomic E-state index is 0.695. The second-order valence-electron chi connectivity index (χ2n) is 4.64. The van der Waals surface area contributed by atoms with E-state index in [0.717, 1.165) is 26.9 Å². The quantitative estimate of drug-likeness (QED) is 0.697. The number of rotatable bonds is 2. The van der Waals surface area contributed by atoms with Crippen LogP contribution in [0.25, 0.3) is 10.9 Å². The Morgan fingerprint density at radius 2 is 1.95 bits per heavy atom. The molecule has 20 heavy (non-hydrogen) atoms. The Labute approximate surface area is 125 Å². The van der Waals surface area contributed by atoms with Crippen molar-refractivity contribution in [2.45, 2.75) is 6.92 Å². The molecule has 4 nitrogen and oxygen atoms in total. The molecule has 0 amide bonds. The van der Waals surface area contributed by atoms with E-state index in [2.05, 4.69) is 50.3 Å². The highest BCUT2D eigenvalue weighted by Crippen LogP contribution is 2.26. The van der Waals surface area contributed by atoms with Crippen molar-refractivity contribution in [3.8, 4) is 0 Å². The first-order chi connectivity index (χ1) is 9.61. The Balaban J connectivity index is 2.06. The molecule has 0 aliphatic heterocycles. The number of aryl methyl sites for hydroxylation is 1. The van der Waals surface area contributed by atoms with Crippen molar-refractivity contribution in [2.24, 2.45) is 0 Å². The molecule has 100 valence electrons. The van der Waals surface area contributed by atoms with Crippen LogP contribution in [-0.4, -0.2) is 9.97 Å². The summed E-state index contributed by atoms with van der Waals surface area (Å²) >= 11 is 3.50. The number of fused-ring (bicyclic) bond motifs is 1. The predicted molar refractivity (Wildman–Crippen MR) is 86.1 cm³/mol. The lowest BCUT2D eigenvalue weighted by Gasteiger charge is -2.10. The highest BCUT2D eigenvalue weighted by Gasteiger charge is 2.05. The monoisotopic (exact) mass is 328 g/mol. The van der Waals surface area contributed by atoms with Crippen LogP contribution in [0.3, 0.4) is 0 Å². The molecule has 3 rings (SSSR count). The van der Waals surface area contributed by atoms with E-state index >= 15 is 0 Å². The number of nitrogen functional groups attached to an aromatic ring is 1. The average Bonchev–Trinajstić information content (AvgIpc) is 2.37. The number of halogens is 1. The molecular formula is C15H13BrN4. The number of aromatic nitrogens is 2. The predicted octanol–water partition coefficient (Wildman–Crippen LogP) is 4.03. The van der Waals surface area contributed by atoms with Gasteiger partial charge in [0.25, 0.3) is 0 Å². The van der Waals surface area contributed by atoms with Gasteiger partial charge in [0.1, 0.15) is 12.1 Å². The Morgan fingerprint density at radius 1 is 1.10 bits per heavy atom. The number of benzene rings is 2. The Bertz CT molecular complexity index is 766. The van der Waals surface area contributed by atoms with Crippen molar-refractivity contribution in [1.29, 1.82) is 0 Å². The van der Waals surface area contributed by atoms with Gasteiger partial charge in [-0.05, 0) is 48.9 Å². The van der Waals surface area contributed by atoms with Crippen LogP contribution in [0.2, 0.25) is 0 Å². The maximum Gasteiger partial charge on any atom is 0.141 e. The van der Waals surface area contributed by atoms with Gasteiger partial charge in [-0.25, -0.2) is 9.97 Å². The molecule has 0 saturated carbocycles. The molecule has 3 N–H and O–H groups in total. The molecule has 3 aromatic rings. The Kier molecular flexibility index (Phi) is 3.28. The molecule has 0 fully saturated rings. The lowest BCUT2D eigenvalue weighted by Crippen LogP contribution is -1.97. The second-order valence-corrected chi connectivity index (χ2v) is 5.56. The van der Waals surface area contributed by atoms with Crippen molar-refractivity contribution in [2.75, 3.05) is 11.1 Å². The lowest BCUT2D eigenvalue weighted by molar-refractivity contribution is 1.22. The smallest absolute Gasteiger partial charge is 0.141 e. The SMILES string of the molecule is Cc1cc(Br)cc(Nc2ncnc3cc(N)ccc23)c1. The van der Waals surface area contributed by atoms with E-state index in [4.69, 9.17) is 5.73 Å². The van der Waals surface area contributed by atoms with Crippen molar-refractivity contribution >= 4 is 44.0 Å². The molecule has 1 heterocycles. The van der Waals surface area contributed by atoms with Crippen molar-refractivity contribution in [3.63, 3.8) is 0 Å². The average molecular weight is 329 g/mol. The normalized spacial score (nSPS) is 10.7. The molecule has 0 radical (unpaired) electrons. The van der Waals surface area contributed by atoms with Crippen LogP contribution in [0.5, 0.6) is 0 Å². The third-order valence-corrected chi connectivity index (χ3v) is 3.42. The second kappa shape index (κ2) is 5.09. The van der Waals surface area contributed by atoms with Crippen molar-refractivity contribution in [3.05, 3.63) is 52.8 Å². The maximum absolute atomic E-state index is 5.78. The Morgan fingerprint density at radius 3 is 2.75 bits per heavy atom. The van der Waals surface area contributed by atoms with Gasteiger partial charge in [-0.1, -0.05) is 15.9 Å². The van der Waals surface area contributed by atoms with E-state index in [9.17, 15) is 0 Å². The summed E-state index contributed by atoms with van der Waals surface area (Å²) in [7, 11) is 0. The fraction of sp³-hybridized carbons (Fsp3) is 0.0667. The van der Waals surface area contributed by atoms with Crippen LogP contribution in [-0.2, 0) is 0 Å². The van der Waals surface area contributed by atoms with Gasteiger partial charge < -0.3 is 11.1 Å². The Hall–Kier alpha value is -2.14. The molecule has 0 atom stereocenters. The van der Waals surface area contributed by atoms with Crippen molar-refractivity contribution in [1.82, 2.24) is 9.97 Å². The highest BCUT2D eigenvalue weighted by atomic mass is 79.9. The van der Waals surface area contributed by atoms with Gasteiger partial charge in [-0.3, -0.25) is 0 Å². The topological polar surface area (TPSA) is 63.8 Å². The minimum absolute atomic E-state index is 0.695. The van der Waals surface area contributed by atoms with E-state index in [1.165, 1.54) is 11.9 Å². The zero-order valence-corrected chi connectivity index (χ0v) is 12.5. The summed E-state index contributed by atoms with van der Waals surface area (Å²) in [6.45, 7) is 2.05. The van der Waals surface area contributed by atoms with Crippen LogP contribution < -0.4 is 11.1 Å². The largest absolute Gasteiger partial charge is 0.399 e. The molecule has 0 bridgehead atoms.